The number of rotatable bonds is 4. The van der Waals surface area contributed by atoms with Crippen LogP contribution in [-0.4, -0.2) is 42.3 Å². The Bertz CT molecular complexity index is 418. The summed E-state index contributed by atoms with van der Waals surface area (Å²) in [4.78, 5) is 13.4. The number of anilines is 1. The first-order valence-corrected chi connectivity index (χ1v) is 5.70. The Kier molecular flexibility index (Phi) is 4.55. The molecule has 2 amide bonds. The average Bonchev–Trinajstić information content (AvgIpc) is 2.37. The summed E-state index contributed by atoms with van der Waals surface area (Å²) in [7, 11) is 3.22. The zero-order valence-corrected chi connectivity index (χ0v) is 11.2. The van der Waals surface area contributed by atoms with Crippen molar-refractivity contribution in [2.45, 2.75) is 19.4 Å². The summed E-state index contributed by atoms with van der Waals surface area (Å²) >= 11 is 0. The number of amides is 2. The minimum Gasteiger partial charge on any atom is -0.497 e. The van der Waals surface area contributed by atoms with Gasteiger partial charge in [-0.25, -0.2) is 4.79 Å². The van der Waals surface area contributed by atoms with Crippen LogP contribution in [0.5, 0.6) is 5.75 Å². The van der Waals surface area contributed by atoms with Gasteiger partial charge in [0, 0.05) is 18.8 Å². The average molecular weight is 252 g/mol. The van der Waals surface area contributed by atoms with Crippen LogP contribution in [0.15, 0.2) is 24.3 Å². The van der Waals surface area contributed by atoms with E-state index < -0.39 is 5.54 Å². The maximum absolute atomic E-state index is 12.0. The normalized spacial score (nSPS) is 10.9. The lowest BCUT2D eigenvalue weighted by Gasteiger charge is -2.33. The molecule has 0 atom stereocenters. The highest BCUT2D eigenvalue weighted by Gasteiger charge is 2.26. The minimum absolute atomic E-state index is 0.102. The summed E-state index contributed by atoms with van der Waals surface area (Å²) in [5.74, 6) is 0.678. The molecule has 0 spiro atoms. The number of hydrogen-bond donors (Lipinski definition) is 2. The number of hydrogen-bond acceptors (Lipinski definition) is 3. The summed E-state index contributed by atoms with van der Waals surface area (Å²) < 4.78 is 5.08. The molecule has 0 heterocycles. The van der Waals surface area contributed by atoms with Crippen molar-refractivity contribution in [3.05, 3.63) is 24.3 Å². The number of urea groups is 1. The van der Waals surface area contributed by atoms with Gasteiger partial charge in [0.1, 0.15) is 5.75 Å². The fourth-order valence-corrected chi connectivity index (χ4v) is 1.29. The number of nitrogens with one attached hydrogen (secondary N) is 1. The number of benzene rings is 1. The molecule has 0 radical (unpaired) electrons. The van der Waals surface area contributed by atoms with Gasteiger partial charge >= 0.3 is 6.03 Å². The second-order valence-corrected chi connectivity index (χ2v) is 4.69. The van der Waals surface area contributed by atoms with Crippen LogP contribution in [0.4, 0.5) is 10.5 Å². The van der Waals surface area contributed by atoms with Crippen molar-refractivity contribution in [1.29, 1.82) is 0 Å². The van der Waals surface area contributed by atoms with Gasteiger partial charge in [0.05, 0.1) is 19.3 Å². The van der Waals surface area contributed by atoms with Crippen LogP contribution >= 0.6 is 0 Å². The van der Waals surface area contributed by atoms with Crippen LogP contribution in [0.1, 0.15) is 13.8 Å². The molecule has 18 heavy (non-hydrogen) atoms. The molecule has 0 aliphatic carbocycles. The van der Waals surface area contributed by atoms with Crippen molar-refractivity contribution in [1.82, 2.24) is 4.90 Å². The first kappa shape index (κ1) is 14.3. The predicted molar refractivity (Wildman–Crippen MR) is 70.9 cm³/mol. The Labute approximate surface area is 107 Å². The van der Waals surface area contributed by atoms with E-state index in [1.54, 1.807) is 52.3 Å². The molecule has 5 nitrogen and oxygen atoms in total. The molecule has 0 aliphatic rings. The molecule has 0 fully saturated rings. The smallest absolute Gasteiger partial charge is 0.322 e. The van der Waals surface area contributed by atoms with Crippen molar-refractivity contribution in [3.63, 3.8) is 0 Å². The second-order valence-electron chi connectivity index (χ2n) is 4.69. The van der Waals surface area contributed by atoms with E-state index in [2.05, 4.69) is 5.32 Å². The maximum Gasteiger partial charge on any atom is 0.322 e. The SMILES string of the molecule is COc1cccc(NC(=O)N(C)C(C)(C)CO)c1. The van der Waals surface area contributed by atoms with Gasteiger partial charge in [0.2, 0.25) is 0 Å². The number of ether oxygens (including phenoxy) is 1. The Morgan fingerprint density at radius 2 is 2.17 bits per heavy atom. The number of carbonyl (C=O) groups excluding carboxylic acids is 1. The highest BCUT2D eigenvalue weighted by Crippen LogP contribution is 2.18. The molecule has 0 saturated heterocycles. The number of methoxy groups -OCH3 is 1. The fourth-order valence-electron chi connectivity index (χ4n) is 1.29. The highest BCUT2D eigenvalue weighted by atomic mass is 16.5. The van der Waals surface area contributed by atoms with E-state index in [0.717, 1.165) is 0 Å². The molecule has 0 aliphatic heterocycles. The number of aliphatic hydroxyl groups excluding tert-OH is 1. The van der Waals surface area contributed by atoms with Gasteiger partial charge in [-0.05, 0) is 26.0 Å². The van der Waals surface area contributed by atoms with Gasteiger partial charge in [-0.15, -0.1) is 0 Å². The largest absolute Gasteiger partial charge is 0.497 e. The van der Waals surface area contributed by atoms with Crippen molar-refractivity contribution < 1.29 is 14.6 Å². The van der Waals surface area contributed by atoms with Crippen LogP contribution in [0, 0.1) is 0 Å². The van der Waals surface area contributed by atoms with Gasteiger partial charge < -0.3 is 20.1 Å². The topological polar surface area (TPSA) is 61.8 Å². The number of aliphatic hydroxyl groups is 1. The Morgan fingerprint density at radius 1 is 1.50 bits per heavy atom. The third-order valence-electron chi connectivity index (χ3n) is 2.92. The lowest BCUT2D eigenvalue weighted by Crippen LogP contribution is -2.49. The zero-order chi connectivity index (χ0) is 13.8. The summed E-state index contributed by atoms with van der Waals surface area (Å²) in [5.41, 5.74) is 0.0445. The summed E-state index contributed by atoms with van der Waals surface area (Å²) in [6, 6.07) is 6.84. The third-order valence-corrected chi connectivity index (χ3v) is 2.92. The molecule has 0 aromatic heterocycles. The van der Waals surface area contributed by atoms with E-state index in [1.807, 2.05) is 0 Å². The Hall–Kier alpha value is -1.75. The standard InChI is InChI=1S/C13H20N2O3/c1-13(2,9-16)15(3)12(17)14-10-6-5-7-11(8-10)18-4/h5-8,16H,9H2,1-4H3,(H,14,17). The molecule has 0 bridgehead atoms. The quantitative estimate of drug-likeness (QED) is 0.860. The van der Waals surface area contributed by atoms with E-state index in [1.165, 1.54) is 4.90 Å². The van der Waals surface area contributed by atoms with E-state index in [4.69, 9.17) is 4.74 Å². The number of likely N-dealkylation sites (N-methyl/N-ethyl adjacent to an activating group) is 1. The zero-order valence-electron chi connectivity index (χ0n) is 11.2. The molecular weight excluding hydrogens is 232 g/mol. The molecule has 1 aromatic rings. The molecule has 1 aromatic carbocycles. The van der Waals surface area contributed by atoms with Gasteiger partial charge in [0.15, 0.2) is 0 Å². The van der Waals surface area contributed by atoms with Crippen molar-refractivity contribution in [2.24, 2.45) is 0 Å². The van der Waals surface area contributed by atoms with Crippen LogP contribution in [0.3, 0.4) is 0 Å². The van der Waals surface area contributed by atoms with Gasteiger partial charge in [-0.3, -0.25) is 0 Å². The minimum atomic E-state index is -0.608. The molecule has 5 heteroatoms. The summed E-state index contributed by atoms with van der Waals surface area (Å²) in [6.07, 6.45) is 0. The van der Waals surface area contributed by atoms with Crippen molar-refractivity contribution in [2.75, 3.05) is 26.1 Å². The highest BCUT2D eigenvalue weighted by molar-refractivity contribution is 5.89. The molecule has 0 unspecified atom stereocenters. The van der Waals surface area contributed by atoms with E-state index in [-0.39, 0.29) is 12.6 Å². The van der Waals surface area contributed by atoms with Crippen LogP contribution in [-0.2, 0) is 0 Å². The monoisotopic (exact) mass is 252 g/mol. The van der Waals surface area contributed by atoms with Gasteiger partial charge in [0.25, 0.3) is 0 Å². The Morgan fingerprint density at radius 3 is 2.72 bits per heavy atom. The van der Waals surface area contributed by atoms with E-state index in [9.17, 15) is 9.90 Å². The number of nitrogens with zero attached hydrogens (tertiary/aromatic N) is 1. The fraction of sp³-hybridized carbons (Fsp3) is 0.462. The lowest BCUT2D eigenvalue weighted by molar-refractivity contribution is 0.104. The molecule has 100 valence electrons. The first-order chi connectivity index (χ1) is 8.40. The van der Waals surface area contributed by atoms with E-state index in [0.29, 0.717) is 11.4 Å². The van der Waals surface area contributed by atoms with Crippen LogP contribution in [0.2, 0.25) is 0 Å². The molecular formula is C13H20N2O3. The lowest BCUT2D eigenvalue weighted by atomic mass is 10.1. The Balaban J connectivity index is 2.75. The molecule has 0 saturated carbocycles. The summed E-state index contributed by atoms with van der Waals surface area (Å²) in [6.45, 7) is 3.48. The summed E-state index contributed by atoms with van der Waals surface area (Å²) in [5, 5.41) is 12.0. The van der Waals surface area contributed by atoms with Crippen LogP contribution in [0.25, 0.3) is 0 Å². The van der Waals surface area contributed by atoms with Crippen molar-refractivity contribution in [3.8, 4) is 5.75 Å². The predicted octanol–water partition coefficient (Wildman–Crippen LogP) is 1.93. The molecule has 2 N–H and O–H groups in total. The first-order valence-electron chi connectivity index (χ1n) is 5.70. The van der Waals surface area contributed by atoms with Gasteiger partial charge in [-0.2, -0.15) is 0 Å². The second kappa shape index (κ2) is 5.73. The maximum atomic E-state index is 12.0. The van der Waals surface area contributed by atoms with Crippen LogP contribution < -0.4 is 10.1 Å². The van der Waals surface area contributed by atoms with Gasteiger partial charge in [-0.1, -0.05) is 6.07 Å². The number of carbonyl (C=O) groups is 1. The third kappa shape index (κ3) is 3.37. The van der Waals surface area contributed by atoms with E-state index >= 15 is 0 Å². The molecule has 1 rings (SSSR count). The van der Waals surface area contributed by atoms with Crippen molar-refractivity contribution >= 4 is 11.7 Å².